The molecule has 0 fully saturated rings. The van der Waals surface area contributed by atoms with Crippen LogP contribution in [0.5, 0.6) is 0 Å². The first kappa shape index (κ1) is 11.2. The van der Waals surface area contributed by atoms with E-state index in [0.717, 1.165) is 6.42 Å². The Balaban J connectivity index is 3.31. The molecule has 0 aliphatic carbocycles. The highest BCUT2D eigenvalue weighted by Gasteiger charge is 1.95. The fourth-order valence-corrected chi connectivity index (χ4v) is 1.13. The van der Waals surface area contributed by atoms with Gasteiger partial charge in [0.2, 0.25) is 0 Å². The van der Waals surface area contributed by atoms with Crippen LogP contribution in [0.25, 0.3) is 0 Å². The maximum absolute atomic E-state index is 9.91. The second-order valence-corrected chi connectivity index (χ2v) is 3.16. The molecule has 12 heavy (non-hydrogen) atoms. The lowest BCUT2D eigenvalue weighted by Crippen LogP contribution is -1.90. The molecule has 0 rings (SSSR count). The molecule has 0 saturated heterocycles. The van der Waals surface area contributed by atoms with Gasteiger partial charge < -0.3 is 0 Å². The van der Waals surface area contributed by atoms with Gasteiger partial charge in [-0.25, -0.2) is 0 Å². The number of hydrogen-bond donors (Lipinski definition) is 0. The van der Waals surface area contributed by atoms with Crippen LogP contribution in [-0.2, 0) is 4.79 Å². The molecule has 0 aliphatic rings. The van der Waals surface area contributed by atoms with E-state index in [0.29, 0.717) is 12.2 Å². The molecule has 1 heteroatoms. The first-order valence-electron chi connectivity index (χ1n) is 4.76. The van der Waals surface area contributed by atoms with Gasteiger partial charge in [-0.2, -0.15) is 0 Å². The molecule has 0 aromatic rings. The molecule has 0 aliphatic heterocycles. The molecule has 0 heterocycles. The molecule has 0 aromatic heterocycles. The third-order valence-corrected chi connectivity index (χ3v) is 1.88. The first-order valence-corrected chi connectivity index (χ1v) is 4.76. The van der Waals surface area contributed by atoms with Gasteiger partial charge >= 0.3 is 0 Å². The van der Waals surface area contributed by atoms with E-state index in [9.17, 15) is 4.79 Å². The average molecular weight is 166 g/mol. The standard InChI is InChI=1S/C11H18O/c1-3-4-5-6-8-11(2)9-7-10-12/h10-11H,3-6,8H2,1-2H3. The smallest absolute Gasteiger partial charge is 0.192 e. The molecule has 1 nitrogen and oxygen atoms in total. The summed E-state index contributed by atoms with van der Waals surface area (Å²) in [5.74, 6) is 5.73. The number of rotatable bonds is 5. The second-order valence-electron chi connectivity index (χ2n) is 3.16. The van der Waals surface area contributed by atoms with E-state index in [1.54, 1.807) is 0 Å². The van der Waals surface area contributed by atoms with Crippen molar-refractivity contribution in [3.05, 3.63) is 0 Å². The molecule has 1 atom stereocenters. The molecule has 68 valence electrons. The van der Waals surface area contributed by atoms with Gasteiger partial charge in [-0.05, 0) is 12.3 Å². The lowest BCUT2D eigenvalue weighted by molar-refractivity contribution is -0.103. The summed E-state index contributed by atoms with van der Waals surface area (Å²) in [5, 5.41) is 0. The zero-order valence-electron chi connectivity index (χ0n) is 8.10. The van der Waals surface area contributed by atoms with Gasteiger partial charge in [-0.15, -0.1) is 0 Å². The van der Waals surface area contributed by atoms with Crippen molar-refractivity contribution in [2.45, 2.75) is 46.0 Å². The second kappa shape index (κ2) is 8.33. The minimum absolute atomic E-state index is 0.382. The van der Waals surface area contributed by atoms with E-state index in [4.69, 9.17) is 0 Å². The Kier molecular flexibility index (Phi) is 7.79. The van der Waals surface area contributed by atoms with E-state index in [1.165, 1.54) is 25.7 Å². The molecule has 0 saturated carbocycles. The summed E-state index contributed by atoms with van der Waals surface area (Å²) in [4.78, 5) is 9.91. The Morgan fingerprint density at radius 1 is 1.33 bits per heavy atom. The van der Waals surface area contributed by atoms with Crippen molar-refractivity contribution in [3.63, 3.8) is 0 Å². The highest BCUT2D eigenvalue weighted by atomic mass is 16.1. The summed E-state index contributed by atoms with van der Waals surface area (Å²) < 4.78 is 0. The van der Waals surface area contributed by atoms with Crippen molar-refractivity contribution in [2.24, 2.45) is 5.92 Å². The molecule has 0 amide bonds. The van der Waals surface area contributed by atoms with E-state index in [2.05, 4.69) is 25.7 Å². The summed E-state index contributed by atoms with van der Waals surface area (Å²) in [6.07, 6.45) is 6.91. The topological polar surface area (TPSA) is 17.1 Å². The lowest BCUT2D eigenvalue weighted by atomic mass is 10.0. The molecule has 0 spiro atoms. The van der Waals surface area contributed by atoms with Crippen molar-refractivity contribution >= 4 is 6.29 Å². The van der Waals surface area contributed by atoms with E-state index >= 15 is 0 Å². The maximum Gasteiger partial charge on any atom is 0.192 e. The van der Waals surface area contributed by atoms with Gasteiger partial charge in [0.05, 0.1) is 0 Å². The van der Waals surface area contributed by atoms with Crippen LogP contribution in [0, 0.1) is 17.8 Å². The predicted molar refractivity (Wildman–Crippen MR) is 51.8 cm³/mol. The molecule has 0 bridgehead atoms. The monoisotopic (exact) mass is 166 g/mol. The average Bonchev–Trinajstić information content (AvgIpc) is 2.09. The van der Waals surface area contributed by atoms with Crippen LogP contribution in [0.3, 0.4) is 0 Å². The van der Waals surface area contributed by atoms with Gasteiger partial charge in [0, 0.05) is 5.92 Å². The van der Waals surface area contributed by atoms with Gasteiger partial charge in [0.25, 0.3) is 0 Å². The van der Waals surface area contributed by atoms with Crippen LogP contribution in [0.4, 0.5) is 0 Å². The lowest BCUT2D eigenvalue weighted by Gasteiger charge is -2.01. The van der Waals surface area contributed by atoms with Crippen molar-refractivity contribution in [3.8, 4) is 11.8 Å². The number of carbonyl (C=O) groups is 1. The largest absolute Gasteiger partial charge is 0.289 e. The molecule has 1 unspecified atom stereocenters. The summed E-state index contributed by atoms with van der Waals surface area (Å²) in [6.45, 7) is 4.28. The third-order valence-electron chi connectivity index (χ3n) is 1.88. The van der Waals surface area contributed by atoms with Crippen LogP contribution >= 0.6 is 0 Å². The number of aldehydes is 1. The van der Waals surface area contributed by atoms with Gasteiger partial charge in [-0.1, -0.05) is 45.5 Å². The molecular weight excluding hydrogens is 148 g/mol. The molecule has 0 N–H and O–H groups in total. The van der Waals surface area contributed by atoms with E-state index in [-0.39, 0.29) is 0 Å². The zero-order valence-corrected chi connectivity index (χ0v) is 8.10. The highest BCUT2D eigenvalue weighted by Crippen LogP contribution is 2.08. The summed E-state index contributed by atoms with van der Waals surface area (Å²) >= 11 is 0. The molecular formula is C11H18O. The zero-order chi connectivity index (χ0) is 9.23. The third kappa shape index (κ3) is 7.34. The SMILES string of the molecule is CCCCCCC(C)C#CC=O. The Morgan fingerprint density at radius 2 is 2.08 bits per heavy atom. The summed E-state index contributed by atoms with van der Waals surface area (Å²) in [6, 6.07) is 0. The van der Waals surface area contributed by atoms with Crippen LogP contribution in [0.15, 0.2) is 0 Å². The van der Waals surface area contributed by atoms with Crippen molar-refractivity contribution in [1.29, 1.82) is 0 Å². The molecule has 0 aromatic carbocycles. The Bertz CT molecular complexity index is 162. The van der Waals surface area contributed by atoms with Crippen LogP contribution in [-0.4, -0.2) is 6.29 Å². The quantitative estimate of drug-likeness (QED) is 0.349. The summed E-state index contributed by atoms with van der Waals surface area (Å²) in [5.41, 5.74) is 0. The Morgan fingerprint density at radius 3 is 2.67 bits per heavy atom. The van der Waals surface area contributed by atoms with Gasteiger partial charge in [0.15, 0.2) is 6.29 Å². The van der Waals surface area contributed by atoms with E-state index < -0.39 is 0 Å². The van der Waals surface area contributed by atoms with Crippen LogP contribution < -0.4 is 0 Å². The van der Waals surface area contributed by atoms with Gasteiger partial charge in [0.1, 0.15) is 0 Å². The minimum Gasteiger partial charge on any atom is -0.289 e. The first-order chi connectivity index (χ1) is 5.81. The van der Waals surface area contributed by atoms with Crippen molar-refractivity contribution < 1.29 is 4.79 Å². The predicted octanol–water partition coefficient (Wildman–Crippen LogP) is 2.80. The highest BCUT2D eigenvalue weighted by molar-refractivity contribution is 5.72. The number of carbonyl (C=O) groups excluding carboxylic acids is 1. The fraction of sp³-hybridized carbons (Fsp3) is 0.727. The van der Waals surface area contributed by atoms with Crippen LogP contribution in [0.1, 0.15) is 46.0 Å². The normalized spacial score (nSPS) is 11.5. The van der Waals surface area contributed by atoms with E-state index in [1.807, 2.05) is 0 Å². The Labute approximate surface area is 75.5 Å². The fourth-order valence-electron chi connectivity index (χ4n) is 1.13. The van der Waals surface area contributed by atoms with Crippen molar-refractivity contribution in [1.82, 2.24) is 0 Å². The van der Waals surface area contributed by atoms with Gasteiger partial charge in [-0.3, -0.25) is 4.79 Å². The summed E-state index contributed by atoms with van der Waals surface area (Å²) in [7, 11) is 0. The van der Waals surface area contributed by atoms with Crippen molar-refractivity contribution in [2.75, 3.05) is 0 Å². The Hall–Kier alpha value is -0.770. The molecule has 0 radical (unpaired) electrons. The maximum atomic E-state index is 9.91. The minimum atomic E-state index is 0.382. The van der Waals surface area contributed by atoms with Crippen LogP contribution in [0.2, 0.25) is 0 Å². The number of hydrogen-bond acceptors (Lipinski definition) is 1. The number of unbranched alkanes of at least 4 members (excludes halogenated alkanes) is 3.